The van der Waals surface area contributed by atoms with E-state index in [0.29, 0.717) is 6.42 Å². The van der Waals surface area contributed by atoms with Gasteiger partial charge in [0.2, 0.25) is 0 Å². The average molecular weight is 326 g/mol. The van der Waals surface area contributed by atoms with Crippen LogP contribution < -0.4 is 5.73 Å². The summed E-state index contributed by atoms with van der Waals surface area (Å²) < 4.78 is 23.3. The van der Waals surface area contributed by atoms with Gasteiger partial charge in [0.05, 0.1) is 8.53 Å². The second-order valence-electron chi connectivity index (χ2n) is 4.39. The van der Waals surface area contributed by atoms with Crippen molar-refractivity contribution in [2.75, 3.05) is 6.26 Å². The second kappa shape index (κ2) is 4.76. The van der Waals surface area contributed by atoms with Crippen LogP contribution in [0, 0.1) is 0 Å². The van der Waals surface area contributed by atoms with Gasteiger partial charge in [0.15, 0.2) is 9.84 Å². The lowest BCUT2D eigenvalue weighted by atomic mass is 10.0. The molecule has 16 heavy (non-hydrogen) atoms. The summed E-state index contributed by atoms with van der Waals surface area (Å²) in [4.78, 5) is 1.09. The average Bonchev–Trinajstić information content (AvgIpc) is 2.49. The van der Waals surface area contributed by atoms with E-state index in [9.17, 15) is 8.42 Å². The molecule has 0 aliphatic rings. The lowest BCUT2D eigenvalue weighted by Gasteiger charge is -2.29. The van der Waals surface area contributed by atoms with Crippen molar-refractivity contribution in [3.63, 3.8) is 0 Å². The molecule has 0 amide bonds. The highest BCUT2D eigenvalue weighted by Gasteiger charge is 2.36. The number of nitrogens with two attached hydrogens (primary N) is 1. The topological polar surface area (TPSA) is 60.2 Å². The lowest BCUT2D eigenvalue weighted by Crippen LogP contribution is -2.49. The Labute approximate surface area is 109 Å². The molecule has 3 nitrogen and oxygen atoms in total. The zero-order chi connectivity index (χ0) is 12.6. The predicted octanol–water partition coefficient (Wildman–Crippen LogP) is 2.20. The summed E-state index contributed by atoms with van der Waals surface area (Å²) in [5.74, 6) is 0. The molecule has 1 aromatic heterocycles. The Morgan fingerprint density at radius 1 is 1.50 bits per heavy atom. The zero-order valence-electron chi connectivity index (χ0n) is 9.53. The molecule has 0 saturated heterocycles. The molecule has 1 rings (SSSR count). The Hall–Kier alpha value is 0.0900. The zero-order valence-corrected chi connectivity index (χ0v) is 12.7. The van der Waals surface area contributed by atoms with Crippen molar-refractivity contribution in [1.82, 2.24) is 0 Å². The maximum Gasteiger partial charge on any atom is 0.154 e. The van der Waals surface area contributed by atoms with E-state index in [1.807, 2.05) is 12.1 Å². The largest absolute Gasteiger partial charge is 0.326 e. The maximum atomic E-state index is 11.6. The molecule has 6 heteroatoms. The molecule has 0 saturated carbocycles. The number of hydrogen-bond acceptors (Lipinski definition) is 4. The Balaban J connectivity index is 2.84. The van der Waals surface area contributed by atoms with Crippen LogP contribution in [-0.4, -0.2) is 25.5 Å². The van der Waals surface area contributed by atoms with Crippen molar-refractivity contribution in [1.29, 1.82) is 0 Å². The van der Waals surface area contributed by atoms with Crippen molar-refractivity contribution in [3.05, 3.63) is 20.8 Å². The highest BCUT2D eigenvalue weighted by Crippen LogP contribution is 2.27. The van der Waals surface area contributed by atoms with Gasteiger partial charge in [-0.25, -0.2) is 8.42 Å². The van der Waals surface area contributed by atoms with Crippen LogP contribution in [-0.2, 0) is 16.3 Å². The monoisotopic (exact) mass is 325 g/mol. The summed E-state index contributed by atoms with van der Waals surface area (Å²) in [7, 11) is -3.15. The second-order valence-corrected chi connectivity index (χ2v) is 9.54. The number of rotatable bonds is 4. The standard InChI is InChI=1S/C10H16BrNO2S2/c1-10(2,16(3,13)14)8(12)6-7-4-5-9(11)15-7/h4-5,8H,6,12H2,1-3H3. The van der Waals surface area contributed by atoms with Crippen molar-refractivity contribution < 1.29 is 8.42 Å². The molecule has 1 aromatic rings. The first-order valence-corrected chi connectivity index (χ1v) is 8.34. The molecule has 0 aliphatic heterocycles. The van der Waals surface area contributed by atoms with Gasteiger partial charge in [-0.1, -0.05) is 0 Å². The van der Waals surface area contributed by atoms with E-state index in [1.165, 1.54) is 6.26 Å². The first kappa shape index (κ1) is 14.2. The molecule has 0 spiro atoms. The molecule has 0 aromatic carbocycles. The summed E-state index contributed by atoms with van der Waals surface area (Å²) in [6, 6.07) is 3.51. The quantitative estimate of drug-likeness (QED) is 0.923. The van der Waals surface area contributed by atoms with Crippen LogP contribution in [0.25, 0.3) is 0 Å². The van der Waals surface area contributed by atoms with Crippen molar-refractivity contribution in [3.8, 4) is 0 Å². The van der Waals surface area contributed by atoms with Gasteiger partial charge in [0.1, 0.15) is 0 Å². The van der Waals surface area contributed by atoms with Crippen LogP contribution in [0.2, 0.25) is 0 Å². The first-order chi connectivity index (χ1) is 7.14. The Morgan fingerprint density at radius 3 is 2.44 bits per heavy atom. The van der Waals surface area contributed by atoms with Gasteiger partial charge in [-0.15, -0.1) is 11.3 Å². The minimum atomic E-state index is -3.15. The van der Waals surface area contributed by atoms with Gasteiger partial charge in [0, 0.05) is 17.2 Å². The van der Waals surface area contributed by atoms with Gasteiger partial charge in [-0.3, -0.25) is 0 Å². The minimum absolute atomic E-state index is 0.395. The van der Waals surface area contributed by atoms with Gasteiger partial charge in [-0.05, 0) is 48.3 Å². The van der Waals surface area contributed by atoms with Gasteiger partial charge < -0.3 is 5.73 Å². The van der Waals surface area contributed by atoms with Crippen LogP contribution in [0.5, 0.6) is 0 Å². The summed E-state index contributed by atoms with van der Waals surface area (Å²) in [5, 5.41) is 0. The fourth-order valence-electron chi connectivity index (χ4n) is 1.20. The Kier molecular flexibility index (Phi) is 4.21. The van der Waals surface area contributed by atoms with E-state index < -0.39 is 20.6 Å². The molecule has 0 bridgehead atoms. The SMILES string of the molecule is CC(C)(C(N)Cc1ccc(Br)s1)S(C)(=O)=O. The minimum Gasteiger partial charge on any atom is -0.326 e. The van der Waals surface area contributed by atoms with Gasteiger partial charge in [-0.2, -0.15) is 0 Å². The number of sulfone groups is 1. The number of hydrogen-bond donors (Lipinski definition) is 1. The van der Waals surface area contributed by atoms with E-state index in [2.05, 4.69) is 15.9 Å². The van der Waals surface area contributed by atoms with Crippen LogP contribution in [0.3, 0.4) is 0 Å². The highest BCUT2D eigenvalue weighted by molar-refractivity contribution is 9.11. The van der Waals surface area contributed by atoms with E-state index in [0.717, 1.165) is 8.66 Å². The highest BCUT2D eigenvalue weighted by atomic mass is 79.9. The molecule has 1 heterocycles. The van der Waals surface area contributed by atoms with Crippen molar-refractivity contribution in [2.45, 2.75) is 31.1 Å². The third-order valence-corrected chi connectivity index (χ3v) is 6.76. The predicted molar refractivity (Wildman–Crippen MR) is 72.6 cm³/mol. The van der Waals surface area contributed by atoms with Crippen LogP contribution in [0.4, 0.5) is 0 Å². The molecule has 1 unspecified atom stereocenters. The van der Waals surface area contributed by atoms with Crippen LogP contribution in [0.15, 0.2) is 15.9 Å². The third-order valence-electron chi connectivity index (χ3n) is 2.90. The fraction of sp³-hybridized carbons (Fsp3) is 0.600. The molecule has 92 valence electrons. The van der Waals surface area contributed by atoms with E-state index >= 15 is 0 Å². The summed E-state index contributed by atoms with van der Waals surface area (Å²) in [6.07, 6.45) is 1.81. The smallest absolute Gasteiger partial charge is 0.154 e. The van der Waals surface area contributed by atoms with E-state index in [1.54, 1.807) is 25.2 Å². The summed E-state index contributed by atoms with van der Waals surface area (Å²) in [6.45, 7) is 3.35. The first-order valence-electron chi connectivity index (χ1n) is 4.84. The lowest BCUT2D eigenvalue weighted by molar-refractivity contribution is 0.484. The Morgan fingerprint density at radius 2 is 2.06 bits per heavy atom. The van der Waals surface area contributed by atoms with Gasteiger partial charge in [0.25, 0.3) is 0 Å². The molecule has 0 aliphatic carbocycles. The van der Waals surface area contributed by atoms with Crippen molar-refractivity contribution >= 4 is 37.1 Å². The fourth-order valence-corrected chi connectivity index (χ4v) is 3.37. The molecule has 1 atom stereocenters. The van der Waals surface area contributed by atoms with Crippen molar-refractivity contribution in [2.24, 2.45) is 5.73 Å². The molecule has 0 fully saturated rings. The van der Waals surface area contributed by atoms with E-state index in [4.69, 9.17) is 5.73 Å². The summed E-state index contributed by atoms with van der Waals surface area (Å²) >= 11 is 4.96. The summed E-state index contributed by atoms with van der Waals surface area (Å²) in [5.41, 5.74) is 5.99. The normalized spacial score (nSPS) is 15.1. The maximum absolute atomic E-state index is 11.6. The molecular weight excluding hydrogens is 310 g/mol. The number of thiophene rings is 1. The molecular formula is C10H16BrNO2S2. The Bertz CT molecular complexity index is 465. The van der Waals surface area contributed by atoms with Crippen LogP contribution >= 0.6 is 27.3 Å². The van der Waals surface area contributed by atoms with Gasteiger partial charge >= 0.3 is 0 Å². The van der Waals surface area contributed by atoms with E-state index in [-0.39, 0.29) is 0 Å². The number of halogens is 1. The molecule has 0 radical (unpaired) electrons. The van der Waals surface area contributed by atoms with Crippen LogP contribution in [0.1, 0.15) is 18.7 Å². The third kappa shape index (κ3) is 3.06. The molecule has 2 N–H and O–H groups in total.